The summed E-state index contributed by atoms with van der Waals surface area (Å²) >= 11 is 3.43. The molecule has 0 aliphatic rings. The average molecular weight is 334 g/mol. The van der Waals surface area contributed by atoms with Gasteiger partial charge in [-0.3, -0.25) is 0 Å². The summed E-state index contributed by atoms with van der Waals surface area (Å²) in [5.41, 5.74) is 2.68. The highest BCUT2D eigenvalue weighted by molar-refractivity contribution is 9.10. The lowest BCUT2D eigenvalue weighted by atomic mass is 10.0. The first-order valence-electron chi connectivity index (χ1n) is 6.44. The van der Waals surface area contributed by atoms with Gasteiger partial charge in [-0.25, -0.2) is 4.79 Å². The van der Waals surface area contributed by atoms with Gasteiger partial charge in [-0.15, -0.1) is 0 Å². The van der Waals surface area contributed by atoms with Gasteiger partial charge < -0.3 is 10.4 Å². The maximum Gasteiger partial charge on any atom is 0.330 e. The first-order chi connectivity index (χ1) is 9.61. The highest BCUT2D eigenvalue weighted by Gasteiger charge is 2.20. The fourth-order valence-corrected chi connectivity index (χ4v) is 2.49. The van der Waals surface area contributed by atoms with Gasteiger partial charge in [0.05, 0.1) is 0 Å². The molecule has 0 saturated heterocycles. The Morgan fingerprint density at radius 1 is 1.25 bits per heavy atom. The first-order valence-corrected chi connectivity index (χ1v) is 7.24. The molecule has 0 amide bonds. The molecule has 1 atom stereocenters. The zero-order valence-electron chi connectivity index (χ0n) is 11.1. The Bertz CT molecular complexity index is 599. The number of hydrogen-bond donors (Lipinski definition) is 2. The van der Waals surface area contributed by atoms with Crippen LogP contribution in [0.25, 0.3) is 0 Å². The molecule has 0 aliphatic carbocycles. The number of nitrogens with one attached hydrogen (secondary N) is 1. The number of aliphatic carboxylic acids is 1. The van der Waals surface area contributed by atoms with Crippen molar-refractivity contribution in [2.45, 2.75) is 19.4 Å². The number of benzene rings is 2. The number of rotatable bonds is 5. The molecular weight excluding hydrogens is 318 g/mol. The molecule has 20 heavy (non-hydrogen) atoms. The Labute approximate surface area is 126 Å². The van der Waals surface area contributed by atoms with Gasteiger partial charge >= 0.3 is 5.97 Å². The lowest BCUT2D eigenvalue weighted by Crippen LogP contribution is -2.21. The molecule has 104 valence electrons. The fourth-order valence-electron chi connectivity index (χ4n) is 2.08. The van der Waals surface area contributed by atoms with E-state index >= 15 is 0 Å². The predicted octanol–water partition coefficient (Wildman–Crippen LogP) is 4.25. The SMILES string of the molecule is CCc1cc(Br)ccc1NC(C(=O)O)c1ccccc1. The van der Waals surface area contributed by atoms with Crippen LogP contribution in [0.5, 0.6) is 0 Å². The lowest BCUT2D eigenvalue weighted by Gasteiger charge is -2.18. The lowest BCUT2D eigenvalue weighted by molar-refractivity contribution is -0.138. The van der Waals surface area contributed by atoms with Gasteiger partial charge in [-0.2, -0.15) is 0 Å². The van der Waals surface area contributed by atoms with Gasteiger partial charge in [-0.05, 0) is 35.7 Å². The van der Waals surface area contributed by atoms with E-state index in [1.165, 1.54) is 0 Å². The van der Waals surface area contributed by atoms with E-state index in [-0.39, 0.29) is 0 Å². The molecule has 0 saturated carbocycles. The van der Waals surface area contributed by atoms with E-state index in [0.29, 0.717) is 0 Å². The Balaban J connectivity index is 2.32. The second kappa shape index (κ2) is 6.57. The number of hydrogen-bond acceptors (Lipinski definition) is 2. The maximum absolute atomic E-state index is 11.5. The van der Waals surface area contributed by atoms with Crippen molar-refractivity contribution < 1.29 is 9.90 Å². The third-order valence-corrected chi connectivity index (χ3v) is 3.62. The third-order valence-electron chi connectivity index (χ3n) is 3.13. The summed E-state index contributed by atoms with van der Waals surface area (Å²) in [6.07, 6.45) is 0.836. The van der Waals surface area contributed by atoms with Crippen LogP contribution in [0, 0.1) is 0 Å². The van der Waals surface area contributed by atoms with Crippen LogP contribution in [-0.2, 0) is 11.2 Å². The average Bonchev–Trinajstić information content (AvgIpc) is 2.46. The summed E-state index contributed by atoms with van der Waals surface area (Å²) < 4.78 is 0.992. The Morgan fingerprint density at radius 2 is 1.95 bits per heavy atom. The van der Waals surface area contributed by atoms with Crippen molar-refractivity contribution in [1.82, 2.24) is 0 Å². The van der Waals surface area contributed by atoms with E-state index in [9.17, 15) is 9.90 Å². The number of carbonyl (C=O) groups is 1. The summed E-state index contributed by atoms with van der Waals surface area (Å²) in [7, 11) is 0. The second-order valence-electron chi connectivity index (χ2n) is 4.48. The highest BCUT2D eigenvalue weighted by atomic mass is 79.9. The predicted molar refractivity (Wildman–Crippen MR) is 84.0 cm³/mol. The quantitative estimate of drug-likeness (QED) is 0.859. The van der Waals surface area contributed by atoms with Gasteiger partial charge in [-0.1, -0.05) is 53.2 Å². The number of carboxylic acid groups (broad SMARTS) is 1. The molecule has 0 aromatic heterocycles. The largest absolute Gasteiger partial charge is 0.479 e. The second-order valence-corrected chi connectivity index (χ2v) is 5.40. The molecule has 2 rings (SSSR count). The standard InChI is InChI=1S/C16H16BrNO2/c1-2-11-10-13(17)8-9-14(11)18-15(16(19)20)12-6-4-3-5-7-12/h3-10,15,18H,2H2,1H3,(H,19,20). The van der Waals surface area contributed by atoms with E-state index in [0.717, 1.165) is 27.7 Å². The smallest absolute Gasteiger partial charge is 0.330 e. The van der Waals surface area contributed by atoms with Crippen molar-refractivity contribution in [3.63, 3.8) is 0 Å². The summed E-state index contributed by atoms with van der Waals surface area (Å²) in [6.45, 7) is 2.05. The van der Waals surface area contributed by atoms with Crippen molar-refractivity contribution >= 4 is 27.6 Å². The topological polar surface area (TPSA) is 49.3 Å². The summed E-state index contributed by atoms with van der Waals surface area (Å²) in [5, 5.41) is 12.6. The minimum atomic E-state index is -0.888. The van der Waals surface area contributed by atoms with Gasteiger partial charge in [0.2, 0.25) is 0 Å². The Kier molecular flexibility index (Phi) is 4.79. The molecule has 2 aromatic carbocycles. The van der Waals surface area contributed by atoms with Crippen molar-refractivity contribution in [3.8, 4) is 0 Å². The van der Waals surface area contributed by atoms with Crippen molar-refractivity contribution in [1.29, 1.82) is 0 Å². The van der Waals surface area contributed by atoms with Crippen LogP contribution in [0.4, 0.5) is 5.69 Å². The first kappa shape index (κ1) is 14.6. The summed E-state index contributed by atoms with van der Waals surface area (Å²) in [6, 6.07) is 14.3. The molecule has 3 nitrogen and oxygen atoms in total. The molecule has 0 heterocycles. The molecular formula is C16H16BrNO2. The fraction of sp³-hybridized carbons (Fsp3) is 0.188. The van der Waals surface area contributed by atoms with E-state index in [1.54, 1.807) is 0 Å². The summed E-state index contributed by atoms with van der Waals surface area (Å²) in [4.78, 5) is 11.5. The molecule has 0 fully saturated rings. The van der Waals surface area contributed by atoms with Crippen molar-refractivity contribution in [3.05, 3.63) is 64.1 Å². The monoisotopic (exact) mass is 333 g/mol. The number of anilines is 1. The zero-order chi connectivity index (χ0) is 14.5. The van der Waals surface area contributed by atoms with Crippen LogP contribution >= 0.6 is 15.9 Å². The van der Waals surface area contributed by atoms with E-state index in [1.807, 2.05) is 55.5 Å². The summed E-state index contributed by atoms with van der Waals surface area (Å²) in [5.74, 6) is -0.888. The van der Waals surface area contributed by atoms with Crippen LogP contribution in [0.3, 0.4) is 0 Å². The molecule has 1 unspecified atom stereocenters. The molecule has 0 spiro atoms. The third kappa shape index (κ3) is 3.39. The van der Waals surface area contributed by atoms with Gasteiger partial charge in [0.15, 0.2) is 6.04 Å². The number of aryl methyl sites for hydroxylation is 1. The van der Waals surface area contributed by atoms with E-state index in [4.69, 9.17) is 0 Å². The molecule has 0 radical (unpaired) electrons. The minimum Gasteiger partial charge on any atom is -0.479 e. The molecule has 2 N–H and O–H groups in total. The van der Waals surface area contributed by atoms with Crippen LogP contribution in [0.15, 0.2) is 53.0 Å². The van der Waals surface area contributed by atoms with E-state index in [2.05, 4.69) is 21.2 Å². The van der Waals surface area contributed by atoms with Crippen molar-refractivity contribution in [2.24, 2.45) is 0 Å². The van der Waals surface area contributed by atoms with Crippen LogP contribution in [-0.4, -0.2) is 11.1 Å². The van der Waals surface area contributed by atoms with Crippen LogP contribution in [0.1, 0.15) is 24.1 Å². The molecule has 0 bridgehead atoms. The van der Waals surface area contributed by atoms with Crippen LogP contribution in [0.2, 0.25) is 0 Å². The molecule has 2 aromatic rings. The Morgan fingerprint density at radius 3 is 2.55 bits per heavy atom. The Hall–Kier alpha value is -1.81. The van der Waals surface area contributed by atoms with Gasteiger partial charge in [0.1, 0.15) is 0 Å². The van der Waals surface area contributed by atoms with Crippen LogP contribution < -0.4 is 5.32 Å². The maximum atomic E-state index is 11.5. The highest BCUT2D eigenvalue weighted by Crippen LogP contribution is 2.26. The molecule has 4 heteroatoms. The van der Waals surface area contributed by atoms with Gasteiger partial charge in [0.25, 0.3) is 0 Å². The van der Waals surface area contributed by atoms with Gasteiger partial charge in [0, 0.05) is 10.2 Å². The van der Waals surface area contributed by atoms with E-state index < -0.39 is 12.0 Å². The minimum absolute atomic E-state index is 0.741. The normalized spacial score (nSPS) is 11.9. The molecule has 0 aliphatic heterocycles. The number of carboxylic acids is 1. The number of halogens is 1. The zero-order valence-corrected chi connectivity index (χ0v) is 12.7. The van der Waals surface area contributed by atoms with Crippen molar-refractivity contribution in [2.75, 3.05) is 5.32 Å².